The second-order valence-electron chi connectivity index (χ2n) is 5.91. The van der Waals surface area contributed by atoms with Crippen LogP contribution in [0.1, 0.15) is 11.1 Å². The van der Waals surface area contributed by atoms with Gasteiger partial charge in [-0.3, -0.25) is 0 Å². The van der Waals surface area contributed by atoms with Gasteiger partial charge in [0, 0.05) is 7.05 Å². The summed E-state index contributed by atoms with van der Waals surface area (Å²) in [5.41, 5.74) is 0.0572. The largest absolute Gasteiger partial charge is 0.491 e. The zero-order valence-corrected chi connectivity index (χ0v) is 14.6. The molecule has 0 aliphatic heterocycles. The zero-order chi connectivity index (χ0) is 19.9. The summed E-state index contributed by atoms with van der Waals surface area (Å²) in [7, 11) is 1.47. The van der Waals surface area contributed by atoms with E-state index in [-0.39, 0.29) is 25.5 Å². The molecular weight excluding hydrogens is 363 g/mol. The number of nitrogens with zero attached hydrogens (tertiary/aromatic N) is 1. The number of carbonyl (C=O) groups excluding carboxylic acids is 1. The second kappa shape index (κ2) is 9.27. The average Bonchev–Trinajstić information content (AvgIpc) is 2.65. The molecule has 5 nitrogen and oxygen atoms in total. The maximum absolute atomic E-state index is 12.5. The van der Waals surface area contributed by atoms with Crippen molar-refractivity contribution < 1.29 is 32.5 Å². The van der Waals surface area contributed by atoms with E-state index in [1.165, 1.54) is 24.1 Å². The van der Waals surface area contributed by atoms with Crippen LogP contribution >= 0.6 is 0 Å². The number of hydrogen-bond acceptors (Lipinski definition) is 4. The van der Waals surface area contributed by atoms with Crippen molar-refractivity contribution in [3.8, 4) is 5.75 Å². The van der Waals surface area contributed by atoms with E-state index in [2.05, 4.69) is 0 Å². The number of halogens is 3. The normalized spacial score (nSPS) is 12.3. The summed E-state index contributed by atoms with van der Waals surface area (Å²) in [5, 5.41) is 9.94. The van der Waals surface area contributed by atoms with Crippen molar-refractivity contribution >= 4 is 6.09 Å². The van der Waals surface area contributed by atoms with Crippen LogP contribution in [0.5, 0.6) is 5.75 Å². The first kappa shape index (κ1) is 20.6. The van der Waals surface area contributed by atoms with Crippen LogP contribution in [0.2, 0.25) is 0 Å². The SMILES string of the molecule is CN(CC(O)COc1ccc(C(F)(F)F)cc1)C(=O)OCc1ccccc1. The minimum Gasteiger partial charge on any atom is -0.491 e. The minimum absolute atomic E-state index is 0.0474. The summed E-state index contributed by atoms with van der Waals surface area (Å²) in [5.74, 6) is 0.191. The van der Waals surface area contributed by atoms with E-state index in [0.29, 0.717) is 0 Å². The molecule has 0 bridgehead atoms. The van der Waals surface area contributed by atoms with E-state index >= 15 is 0 Å². The van der Waals surface area contributed by atoms with Crippen molar-refractivity contribution in [1.82, 2.24) is 4.90 Å². The maximum Gasteiger partial charge on any atom is 0.416 e. The van der Waals surface area contributed by atoms with E-state index in [9.17, 15) is 23.1 Å². The van der Waals surface area contributed by atoms with Crippen molar-refractivity contribution in [3.63, 3.8) is 0 Å². The fraction of sp³-hybridized carbons (Fsp3) is 0.316. The highest BCUT2D eigenvalue weighted by atomic mass is 19.4. The molecule has 0 aliphatic rings. The van der Waals surface area contributed by atoms with Gasteiger partial charge >= 0.3 is 12.3 Å². The molecule has 27 heavy (non-hydrogen) atoms. The quantitative estimate of drug-likeness (QED) is 0.792. The van der Waals surface area contributed by atoms with Crippen LogP contribution in [0, 0.1) is 0 Å². The van der Waals surface area contributed by atoms with E-state index in [1.807, 2.05) is 30.3 Å². The first-order valence-electron chi connectivity index (χ1n) is 8.15. The van der Waals surface area contributed by atoms with Crippen LogP contribution in [0.15, 0.2) is 54.6 Å². The number of likely N-dealkylation sites (N-methyl/N-ethyl adjacent to an activating group) is 1. The van der Waals surface area contributed by atoms with Crippen molar-refractivity contribution in [2.24, 2.45) is 0 Å². The van der Waals surface area contributed by atoms with E-state index in [0.717, 1.165) is 17.7 Å². The summed E-state index contributed by atoms with van der Waals surface area (Å²) >= 11 is 0. The fourth-order valence-corrected chi connectivity index (χ4v) is 2.21. The molecule has 0 fully saturated rings. The number of hydrogen-bond donors (Lipinski definition) is 1. The Kier molecular flexibility index (Phi) is 7.06. The summed E-state index contributed by atoms with van der Waals surface area (Å²) in [6, 6.07) is 13.3. The summed E-state index contributed by atoms with van der Waals surface area (Å²) < 4.78 is 47.9. The minimum atomic E-state index is -4.42. The Morgan fingerprint density at radius 2 is 1.74 bits per heavy atom. The van der Waals surface area contributed by atoms with Gasteiger partial charge in [-0.1, -0.05) is 30.3 Å². The lowest BCUT2D eigenvalue weighted by Crippen LogP contribution is -2.37. The molecule has 2 aromatic rings. The summed E-state index contributed by atoms with van der Waals surface area (Å²) in [6.45, 7) is -0.113. The highest BCUT2D eigenvalue weighted by molar-refractivity contribution is 5.67. The predicted octanol–water partition coefficient (Wildman–Crippen LogP) is 3.71. The number of aliphatic hydroxyl groups excluding tert-OH is 1. The van der Waals surface area contributed by atoms with Crippen molar-refractivity contribution in [3.05, 3.63) is 65.7 Å². The number of ether oxygens (including phenoxy) is 2. The van der Waals surface area contributed by atoms with Gasteiger partial charge in [-0.15, -0.1) is 0 Å². The third-order valence-electron chi connectivity index (χ3n) is 3.63. The molecule has 2 rings (SSSR count). The lowest BCUT2D eigenvalue weighted by Gasteiger charge is -2.20. The Morgan fingerprint density at radius 1 is 1.11 bits per heavy atom. The molecule has 2 aromatic carbocycles. The molecule has 1 atom stereocenters. The van der Waals surface area contributed by atoms with Crippen LogP contribution in [-0.4, -0.2) is 42.4 Å². The molecule has 0 radical (unpaired) electrons. The number of benzene rings is 2. The molecule has 8 heteroatoms. The Labute approximate surface area is 154 Å². The average molecular weight is 383 g/mol. The van der Waals surface area contributed by atoms with E-state index in [4.69, 9.17) is 9.47 Å². The number of alkyl halides is 3. The highest BCUT2D eigenvalue weighted by Crippen LogP contribution is 2.30. The van der Waals surface area contributed by atoms with Crippen molar-refractivity contribution in [2.45, 2.75) is 18.9 Å². The molecule has 0 aliphatic carbocycles. The van der Waals surface area contributed by atoms with Gasteiger partial charge in [-0.2, -0.15) is 13.2 Å². The predicted molar refractivity (Wildman–Crippen MR) is 92.2 cm³/mol. The van der Waals surface area contributed by atoms with Crippen LogP contribution in [0.3, 0.4) is 0 Å². The van der Waals surface area contributed by atoms with Crippen molar-refractivity contribution in [1.29, 1.82) is 0 Å². The number of aliphatic hydroxyl groups is 1. The first-order chi connectivity index (χ1) is 12.8. The second-order valence-corrected chi connectivity index (χ2v) is 5.91. The third kappa shape index (κ3) is 6.82. The molecule has 0 heterocycles. The molecule has 146 valence electrons. The summed E-state index contributed by atoms with van der Waals surface area (Å²) in [4.78, 5) is 13.1. The molecule has 1 amide bonds. The topological polar surface area (TPSA) is 59.0 Å². The lowest BCUT2D eigenvalue weighted by atomic mass is 10.2. The Morgan fingerprint density at radius 3 is 2.33 bits per heavy atom. The third-order valence-corrected chi connectivity index (χ3v) is 3.63. The molecule has 0 saturated carbocycles. The smallest absolute Gasteiger partial charge is 0.416 e. The van der Waals surface area contributed by atoms with Gasteiger partial charge in [0.1, 0.15) is 25.1 Å². The molecule has 0 aromatic heterocycles. The Hall–Kier alpha value is -2.74. The van der Waals surface area contributed by atoms with Crippen LogP contribution < -0.4 is 4.74 Å². The zero-order valence-electron chi connectivity index (χ0n) is 14.6. The van der Waals surface area contributed by atoms with Gasteiger partial charge < -0.3 is 19.5 Å². The van der Waals surface area contributed by atoms with E-state index < -0.39 is 23.9 Å². The van der Waals surface area contributed by atoms with E-state index in [1.54, 1.807) is 0 Å². The number of rotatable bonds is 7. The summed E-state index contributed by atoms with van der Waals surface area (Å²) in [6.07, 6.45) is -6.05. The van der Waals surface area contributed by atoms with Gasteiger partial charge in [0.25, 0.3) is 0 Å². The Balaban J connectivity index is 1.74. The van der Waals surface area contributed by atoms with Crippen LogP contribution in [0.25, 0.3) is 0 Å². The molecule has 0 saturated heterocycles. The first-order valence-corrected chi connectivity index (χ1v) is 8.15. The molecule has 0 spiro atoms. The van der Waals surface area contributed by atoms with Gasteiger partial charge in [0.15, 0.2) is 0 Å². The van der Waals surface area contributed by atoms with Crippen LogP contribution in [-0.2, 0) is 17.5 Å². The number of carbonyl (C=O) groups is 1. The molecule has 1 unspecified atom stereocenters. The van der Waals surface area contributed by atoms with Gasteiger partial charge in [0.05, 0.1) is 12.1 Å². The maximum atomic E-state index is 12.5. The van der Waals surface area contributed by atoms with Crippen molar-refractivity contribution in [2.75, 3.05) is 20.2 Å². The fourth-order valence-electron chi connectivity index (χ4n) is 2.21. The monoisotopic (exact) mass is 383 g/mol. The standard InChI is InChI=1S/C19H20F3NO4/c1-23(18(25)27-12-14-5-3-2-4-6-14)11-16(24)13-26-17-9-7-15(8-10-17)19(20,21)22/h2-10,16,24H,11-13H2,1H3. The van der Waals surface area contributed by atoms with Gasteiger partial charge in [-0.05, 0) is 29.8 Å². The van der Waals surface area contributed by atoms with Gasteiger partial charge in [0.2, 0.25) is 0 Å². The Bertz CT molecular complexity index is 720. The lowest BCUT2D eigenvalue weighted by molar-refractivity contribution is -0.137. The van der Waals surface area contributed by atoms with Gasteiger partial charge in [-0.25, -0.2) is 4.79 Å². The molecular formula is C19H20F3NO4. The number of amides is 1. The highest BCUT2D eigenvalue weighted by Gasteiger charge is 2.30. The molecule has 1 N–H and O–H groups in total. The van der Waals surface area contributed by atoms with Crippen LogP contribution in [0.4, 0.5) is 18.0 Å².